The van der Waals surface area contributed by atoms with Crippen LogP contribution in [0.5, 0.6) is 11.5 Å². The van der Waals surface area contributed by atoms with Crippen LogP contribution in [0.25, 0.3) is 6.08 Å². The molecule has 1 aromatic carbocycles. The number of carbonyl (C=O) groups excluding carboxylic acids is 4. The number of hydrogen-bond acceptors (Lipinski definition) is 9. The van der Waals surface area contributed by atoms with E-state index < -0.39 is 10.8 Å². The Morgan fingerprint density at radius 1 is 1.00 bits per heavy atom. The summed E-state index contributed by atoms with van der Waals surface area (Å²) < 4.78 is 15.6. The van der Waals surface area contributed by atoms with E-state index in [0.29, 0.717) is 26.0 Å². The largest absolute Gasteiger partial charge is 0.493 e. The van der Waals surface area contributed by atoms with Crippen molar-refractivity contribution in [3.05, 3.63) is 46.0 Å². The van der Waals surface area contributed by atoms with Crippen molar-refractivity contribution in [2.24, 2.45) is 0 Å². The molecule has 2 N–H and O–H groups in total. The fraction of sp³-hybridized carbons (Fsp3) is 0.417. The van der Waals surface area contributed by atoms with Gasteiger partial charge in [-0.25, -0.2) is 0 Å². The van der Waals surface area contributed by atoms with Gasteiger partial charge in [0.25, 0.3) is 17.5 Å². The number of nitrogens with one attached hydrogen (secondary N) is 2. The van der Waals surface area contributed by atoms with Crippen molar-refractivity contribution in [3.8, 4) is 11.5 Å². The highest BCUT2D eigenvalue weighted by molar-refractivity contribution is 6.12. The lowest BCUT2D eigenvalue weighted by Crippen LogP contribution is -2.34. The van der Waals surface area contributed by atoms with Crippen LogP contribution < -0.4 is 20.1 Å². The van der Waals surface area contributed by atoms with Gasteiger partial charge in [-0.15, -0.1) is 0 Å². The van der Waals surface area contributed by atoms with Crippen LogP contribution in [0.2, 0.25) is 0 Å². The van der Waals surface area contributed by atoms with Crippen LogP contribution in [0.3, 0.4) is 0 Å². The number of methoxy groups -OCH3 is 2. The summed E-state index contributed by atoms with van der Waals surface area (Å²) in [7, 11) is 2.76. The van der Waals surface area contributed by atoms with Gasteiger partial charge in [-0.1, -0.05) is 0 Å². The maximum Gasteiger partial charge on any atom is 0.280 e. The Hall–Kier alpha value is -4.26. The van der Waals surface area contributed by atoms with Crippen molar-refractivity contribution < 1.29 is 38.3 Å². The zero-order valence-electron chi connectivity index (χ0n) is 20.7. The van der Waals surface area contributed by atoms with Crippen LogP contribution in [0.15, 0.2) is 30.4 Å². The molecule has 2 rings (SSSR count). The number of ether oxygens (including phenoxy) is 3. The average Bonchev–Trinajstić information content (AvgIpc) is 3.20. The number of carbonyl (C=O) groups is 4. The number of hydrogen-bond donors (Lipinski definition) is 2. The van der Waals surface area contributed by atoms with Gasteiger partial charge in [0.05, 0.1) is 37.4 Å². The molecule has 13 nitrogen and oxygen atoms in total. The lowest BCUT2D eigenvalue weighted by atomic mass is 10.1. The maximum absolute atomic E-state index is 12.0. The number of nitro groups is 1. The van der Waals surface area contributed by atoms with Crippen LogP contribution in [0.4, 0.5) is 5.69 Å². The Morgan fingerprint density at radius 3 is 2.30 bits per heavy atom. The number of benzene rings is 1. The highest BCUT2D eigenvalue weighted by Gasteiger charge is 2.22. The second kappa shape index (κ2) is 15.0. The smallest absolute Gasteiger partial charge is 0.280 e. The summed E-state index contributed by atoms with van der Waals surface area (Å²) in [6.07, 6.45) is 6.33. The van der Waals surface area contributed by atoms with E-state index in [1.165, 1.54) is 49.5 Å². The number of nitro benzene ring substituents is 1. The number of rotatable bonds is 16. The van der Waals surface area contributed by atoms with Gasteiger partial charge in [0.15, 0.2) is 11.5 Å². The predicted octanol–water partition coefficient (Wildman–Crippen LogP) is 0.970. The maximum atomic E-state index is 12.0. The fourth-order valence-electron chi connectivity index (χ4n) is 3.27. The Morgan fingerprint density at radius 2 is 1.65 bits per heavy atom. The van der Waals surface area contributed by atoms with E-state index in [2.05, 4.69) is 10.6 Å². The van der Waals surface area contributed by atoms with Gasteiger partial charge in [-0.2, -0.15) is 0 Å². The normalized spacial score (nSPS) is 12.8. The molecule has 0 unspecified atom stereocenters. The Balaban J connectivity index is 1.60. The highest BCUT2D eigenvalue weighted by Crippen LogP contribution is 2.35. The zero-order valence-corrected chi connectivity index (χ0v) is 20.7. The van der Waals surface area contributed by atoms with Crippen LogP contribution >= 0.6 is 0 Å². The minimum Gasteiger partial charge on any atom is -0.493 e. The Bertz CT molecular complexity index is 1050. The van der Waals surface area contributed by atoms with Gasteiger partial charge in [0, 0.05) is 50.9 Å². The first-order valence-corrected chi connectivity index (χ1v) is 11.5. The molecule has 0 saturated heterocycles. The van der Waals surface area contributed by atoms with Crippen molar-refractivity contribution in [1.82, 2.24) is 15.5 Å². The summed E-state index contributed by atoms with van der Waals surface area (Å²) in [5.41, 5.74) is -0.0774. The molecule has 200 valence electrons. The summed E-state index contributed by atoms with van der Waals surface area (Å²) >= 11 is 0. The third-order valence-electron chi connectivity index (χ3n) is 5.18. The lowest BCUT2D eigenvalue weighted by Gasteiger charge is -2.13. The molecule has 1 aromatic rings. The van der Waals surface area contributed by atoms with Crippen molar-refractivity contribution in [1.29, 1.82) is 0 Å². The molecule has 1 aliphatic rings. The van der Waals surface area contributed by atoms with Crippen LogP contribution in [0.1, 0.15) is 24.8 Å². The monoisotopic (exact) mass is 518 g/mol. The molecule has 4 amide bonds. The third-order valence-corrected chi connectivity index (χ3v) is 5.18. The summed E-state index contributed by atoms with van der Waals surface area (Å²) in [6.45, 7) is 1.31. The minimum absolute atomic E-state index is 0.143. The first-order valence-electron chi connectivity index (χ1n) is 11.5. The Labute approximate surface area is 213 Å². The fourth-order valence-corrected chi connectivity index (χ4v) is 3.27. The van der Waals surface area contributed by atoms with E-state index >= 15 is 0 Å². The molecule has 0 aliphatic carbocycles. The molecular formula is C24H30N4O9. The summed E-state index contributed by atoms with van der Waals surface area (Å²) in [4.78, 5) is 58.6. The highest BCUT2D eigenvalue weighted by atomic mass is 16.6. The SMILES string of the molecule is COc1cc(/C=C/C(=O)NCCNC(=O)CCOCCCCN2C(=O)C=CC2=O)c([N+](=O)[O-])cc1OC. The molecule has 0 bridgehead atoms. The van der Waals surface area contributed by atoms with E-state index in [1.807, 2.05) is 0 Å². The lowest BCUT2D eigenvalue weighted by molar-refractivity contribution is -0.385. The van der Waals surface area contributed by atoms with Crippen molar-refractivity contribution >= 4 is 35.4 Å². The van der Waals surface area contributed by atoms with E-state index in [4.69, 9.17) is 14.2 Å². The molecule has 0 spiro atoms. The molecule has 1 heterocycles. The summed E-state index contributed by atoms with van der Waals surface area (Å²) in [6, 6.07) is 2.61. The molecule has 13 heteroatoms. The molecular weight excluding hydrogens is 488 g/mol. The quantitative estimate of drug-likeness (QED) is 0.107. The third kappa shape index (κ3) is 9.37. The van der Waals surface area contributed by atoms with Gasteiger partial charge in [0.2, 0.25) is 11.8 Å². The van der Waals surface area contributed by atoms with Crippen molar-refractivity contribution in [3.63, 3.8) is 0 Å². The first-order chi connectivity index (χ1) is 17.8. The molecule has 0 radical (unpaired) electrons. The zero-order chi connectivity index (χ0) is 27.2. The van der Waals surface area contributed by atoms with Gasteiger partial charge < -0.3 is 24.8 Å². The van der Waals surface area contributed by atoms with E-state index in [1.54, 1.807) is 0 Å². The van der Waals surface area contributed by atoms with Crippen molar-refractivity contribution in [2.75, 3.05) is 47.1 Å². The van der Waals surface area contributed by atoms with Gasteiger partial charge in [-0.05, 0) is 25.0 Å². The predicted molar refractivity (Wildman–Crippen MR) is 132 cm³/mol. The van der Waals surface area contributed by atoms with Gasteiger partial charge in [0.1, 0.15) is 0 Å². The van der Waals surface area contributed by atoms with Gasteiger partial charge >= 0.3 is 0 Å². The molecule has 37 heavy (non-hydrogen) atoms. The van der Waals surface area contributed by atoms with E-state index in [9.17, 15) is 29.3 Å². The summed E-state index contributed by atoms with van der Waals surface area (Å²) in [5.74, 6) is -0.872. The van der Waals surface area contributed by atoms with Crippen LogP contribution in [0, 0.1) is 10.1 Å². The van der Waals surface area contributed by atoms with Crippen LogP contribution in [-0.4, -0.2) is 80.5 Å². The van der Waals surface area contributed by atoms with E-state index in [-0.39, 0.29) is 66.6 Å². The number of nitrogens with zero attached hydrogens (tertiary/aromatic N) is 2. The van der Waals surface area contributed by atoms with Crippen LogP contribution in [-0.2, 0) is 23.9 Å². The molecule has 0 aromatic heterocycles. The minimum atomic E-state index is -0.588. The van der Waals surface area contributed by atoms with Crippen molar-refractivity contribution in [2.45, 2.75) is 19.3 Å². The number of imide groups is 1. The number of amides is 4. The first kappa shape index (κ1) is 29.0. The average molecular weight is 519 g/mol. The second-order valence-corrected chi connectivity index (χ2v) is 7.73. The molecule has 1 aliphatic heterocycles. The second-order valence-electron chi connectivity index (χ2n) is 7.73. The van der Waals surface area contributed by atoms with E-state index in [0.717, 1.165) is 6.08 Å². The van der Waals surface area contributed by atoms with Gasteiger partial charge in [-0.3, -0.25) is 34.2 Å². The number of unbranched alkanes of at least 4 members (excludes halogenated alkanes) is 1. The molecule has 0 fully saturated rings. The summed E-state index contributed by atoms with van der Waals surface area (Å²) in [5, 5.41) is 16.5. The Kier molecular flexibility index (Phi) is 11.7. The molecule has 0 atom stereocenters. The topological polar surface area (TPSA) is 166 Å². The molecule has 0 saturated carbocycles. The standard InChI is InChI=1S/C24H30N4O9/c1-35-19-15-17(18(28(33)34)16-20(19)36-2)5-6-21(29)25-10-11-26-22(30)9-14-37-13-4-3-12-27-23(31)7-8-24(27)32/h5-8,15-16H,3-4,9-14H2,1-2H3,(H,25,29)(H,26,30)/b6-5+.